The van der Waals surface area contributed by atoms with E-state index in [9.17, 15) is 9.90 Å². The second-order valence-electron chi connectivity index (χ2n) is 4.45. The number of unbranched alkanes of at least 4 members (excludes halogenated alkanes) is 2. The van der Waals surface area contributed by atoms with E-state index in [1.807, 2.05) is 13.8 Å². The van der Waals surface area contributed by atoms with Crippen molar-refractivity contribution in [3.05, 3.63) is 16.8 Å². The second-order valence-corrected chi connectivity index (χ2v) is 4.45. The Labute approximate surface area is 119 Å². The van der Waals surface area contributed by atoms with Crippen LogP contribution < -0.4 is 5.32 Å². The van der Waals surface area contributed by atoms with Crippen molar-refractivity contribution >= 4 is 11.8 Å². The standard InChI is InChI=1S/C15H21N3O2/c1-4-7-8-9-10-16-14-13(15(19)20)11(5-2)12(6-3)17-18-14/h1H,5-10H2,2-3H3,(H,16,18)(H,19,20). The van der Waals surface area contributed by atoms with Crippen LogP contribution in [0.1, 0.15) is 54.7 Å². The molecule has 108 valence electrons. The summed E-state index contributed by atoms with van der Waals surface area (Å²) in [5, 5.41) is 20.6. The third-order valence-corrected chi connectivity index (χ3v) is 3.10. The van der Waals surface area contributed by atoms with Crippen molar-refractivity contribution in [3.63, 3.8) is 0 Å². The SMILES string of the molecule is C#CCCCCNc1nnc(CC)c(CC)c1C(=O)O. The van der Waals surface area contributed by atoms with Gasteiger partial charge >= 0.3 is 5.97 Å². The van der Waals surface area contributed by atoms with Gasteiger partial charge in [0.25, 0.3) is 0 Å². The van der Waals surface area contributed by atoms with E-state index in [4.69, 9.17) is 6.42 Å². The van der Waals surface area contributed by atoms with Crippen LogP contribution in [0, 0.1) is 12.3 Å². The zero-order chi connectivity index (χ0) is 15.0. The van der Waals surface area contributed by atoms with Crippen LogP contribution in [0.5, 0.6) is 0 Å². The van der Waals surface area contributed by atoms with E-state index in [1.54, 1.807) is 0 Å². The molecule has 1 aromatic rings. The zero-order valence-electron chi connectivity index (χ0n) is 12.1. The number of carboxylic acids is 1. The summed E-state index contributed by atoms with van der Waals surface area (Å²) in [4.78, 5) is 11.5. The predicted molar refractivity (Wildman–Crippen MR) is 78.9 cm³/mol. The number of anilines is 1. The number of carboxylic acid groups (broad SMARTS) is 1. The molecule has 0 radical (unpaired) electrons. The molecule has 5 nitrogen and oxygen atoms in total. The summed E-state index contributed by atoms with van der Waals surface area (Å²) in [6, 6.07) is 0. The first-order valence-corrected chi connectivity index (χ1v) is 6.94. The summed E-state index contributed by atoms with van der Waals surface area (Å²) in [7, 11) is 0. The van der Waals surface area contributed by atoms with Gasteiger partial charge in [0.2, 0.25) is 0 Å². The molecule has 0 aliphatic heterocycles. The fourth-order valence-electron chi connectivity index (χ4n) is 2.09. The molecule has 1 rings (SSSR count). The van der Waals surface area contributed by atoms with Crippen LogP contribution in [0.2, 0.25) is 0 Å². The molecule has 0 fully saturated rings. The maximum atomic E-state index is 11.5. The number of aromatic carboxylic acids is 1. The Kier molecular flexibility index (Phi) is 6.51. The average Bonchev–Trinajstić information content (AvgIpc) is 2.45. The number of rotatable bonds is 8. The van der Waals surface area contributed by atoms with Gasteiger partial charge in [0.05, 0.1) is 5.69 Å². The fraction of sp³-hybridized carbons (Fsp3) is 0.533. The van der Waals surface area contributed by atoms with Crippen LogP contribution in [-0.4, -0.2) is 27.8 Å². The lowest BCUT2D eigenvalue weighted by Crippen LogP contribution is -2.15. The van der Waals surface area contributed by atoms with Gasteiger partial charge in [-0.15, -0.1) is 17.4 Å². The van der Waals surface area contributed by atoms with Crippen LogP contribution in [0.4, 0.5) is 5.82 Å². The van der Waals surface area contributed by atoms with Gasteiger partial charge in [0, 0.05) is 13.0 Å². The topological polar surface area (TPSA) is 75.1 Å². The summed E-state index contributed by atoms with van der Waals surface area (Å²) in [5.74, 6) is 1.97. The third kappa shape index (κ3) is 3.95. The van der Waals surface area contributed by atoms with E-state index in [0.717, 1.165) is 30.5 Å². The minimum absolute atomic E-state index is 0.247. The van der Waals surface area contributed by atoms with Crippen LogP contribution >= 0.6 is 0 Å². The van der Waals surface area contributed by atoms with Crippen LogP contribution in [0.15, 0.2) is 0 Å². The lowest BCUT2D eigenvalue weighted by atomic mass is 10.0. The van der Waals surface area contributed by atoms with Gasteiger partial charge in [-0.05, 0) is 31.2 Å². The number of aryl methyl sites for hydroxylation is 1. The van der Waals surface area contributed by atoms with Crippen molar-refractivity contribution in [2.24, 2.45) is 0 Å². The first-order valence-electron chi connectivity index (χ1n) is 6.94. The smallest absolute Gasteiger partial charge is 0.339 e. The Morgan fingerprint density at radius 3 is 2.60 bits per heavy atom. The summed E-state index contributed by atoms with van der Waals surface area (Å²) >= 11 is 0. The highest BCUT2D eigenvalue weighted by atomic mass is 16.4. The highest BCUT2D eigenvalue weighted by Crippen LogP contribution is 2.21. The molecule has 0 amide bonds. The normalized spacial score (nSPS) is 10.1. The van der Waals surface area contributed by atoms with Crippen molar-refractivity contribution in [3.8, 4) is 12.3 Å². The Hall–Kier alpha value is -2.09. The number of hydrogen-bond donors (Lipinski definition) is 2. The summed E-state index contributed by atoms with van der Waals surface area (Å²) in [6.45, 7) is 4.52. The van der Waals surface area contributed by atoms with Gasteiger partial charge in [0.1, 0.15) is 5.56 Å². The molecule has 5 heteroatoms. The molecule has 0 unspecified atom stereocenters. The van der Waals surface area contributed by atoms with Crippen LogP contribution in [0.25, 0.3) is 0 Å². The van der Waals surface area contributed by atoms with Gasteiger partial charge in [-0.25, -0.2) is 4.79 Å². The minimum atomic E-state index is -0.961. The number of carbonyl (C=O) groups is 1. The number of nitrogens with one attached hydrogen (secondary N) is 1. The first-order chi connectivity index (χ1) is 9.65. The van der Waals surface area contributed by atoms with Gasteiger partial charge in [0.15, 0.2) is 5.82 Å². The quantitative estimate of drug-likeness (QED) is 0.563. The number of nitrogens with zero attached hydrogens (tertiary/aromatic N) is 2. The number of hydrogen-bond acceptors (Lipinski definition) is 4. The molecule has 0 aliphatic carbocycles. The molecule has 0 spiro atoms. The lowest BCUT2D eigenvalue weighted by molar-refractivity contribution is 0.0696. The fourth-order valence-corrected chi connectivity index (χ4v) is 2.09. The third-order valence-electron chi connectivity index (χ3n) is 3.10. The van der Waals surface area contributed by atoms with Gasteiger partial charge in [-0.3, -0.25) is 0 Å². The Morgan fingerprint density at radius 2 is 2.05 bits per heavy atom. The van der Waals surface area contributed by atoms with Crippen molar-refractivity contribution in [2.75, 3.05) is 11.9 Å². The van der Waals surface area contributed by atoms with Gasteiger partial charge in [-0.1, -0.05) is 13.8 Å². The van der Waals surface area contributed by atoms with Gasteiger partial charge < -0.3 is 10.4 Å². The molecule has 2 N–H and O–H groups in total. The molecular weight excluding hydrogens is 254 g/mol. The van der Waals surface area contributed by atoms with E-state index in [0.29, 0.717) is 25.2 Å². The van der Waals surface area contributed by atoms with Crippen molar-refractivity contribution in [2.45, 2.75) is 46.0 Å². The maximum absolute atomic E-state index is 11.5. The molecule has 0 saturated carbocycles. The molecule has 0 saturated heterocycles. The van der Waals surface area contributed by atoms with Crippen LogP contribution in [0.3, 0.4) is 0 Å². The lowest BCUT2D eigenvalue weighted by Gasteiger charge is -2.13. The highest BCUT2D eigenvalue weighted by Gasteiger charge is 2.19. The van der Waals surface area contributed by atoms with E-state index in [-0.39, 0.29) is 5.56 Å². The second kappa shape index (κ2) is 8.16. The van der Waals surface area contributed by atoms with Crippen LogP contribution in [-0.2, 0) is 12.8 Å². The molecule has 0 aromatic carbocycles. The Morgan fingerprint density at radius 1 is 1.30 bits per heavy atom. The molecule has 0 aliphatic rings. The van der Waals surface area contributed by atoms with Crippen molar-refractivity contribution in [1.82, 2.24) is 10.2 Å². The monoisotopic (exact) mass is 275 g/mol. The first kappa shape index (κ1) is 16.0. The van der Waals surface area contributed by atoms with E-state index in [1.165, 1.54) is 0 Å². The molecule has 0 atom stereocenters. The van der Waals surface area contributed by atoms with Crippen molar-refractivity contribution < 1.29 is 9.90 Å². The van der Waals surface area contributed by atoms with E-state index < -0.39 is 5.97 Å². The van der Waals surface area contributed by atoms with Crippen molar-refractivity contribution in [1.29, 1.82) is 0 Å². The summed E-state index contributed by atoms with van der Waals surface area (Å²) in [6.07, 6.45) is 9.01. The summed E-state index contributed by atoms with van der Waals surface area (Å²) < 4.78 is 0. The molecule has 0 bridgehead atoms. The number of terminal acetylenes is 1. The highest BCUT2D eigenvalue weighted by molar-refractivity contribution is 5.95. The zero-order valence-corrected chi connectivity index (χ0v) is 12.1. The maximum Gasteiger partial charge on any atom is 0.339 e. The molecule has 1 heterocycles. The average molecular weight is 275 g/mol. The Balaban J connectivity index is 2.90. The summed E-state index contributed by atoms with van der Waals surface area (Å²) in [5.41, 5.74) is 1.76. The molecule has 20 heavy (non-hydrogen) atoms. The van der Waals surface area contributed by atoms with E-state index >= 15 is 0 Å². The predicted octanol–water partition coefficient (Wildman–Crippen LogP) is 2.51. The minimum Gasteiger partial charge on any atom is -0.478 e. The largest absolute Gasteiger partial charge is 0.478 e. The molecular formula is C15H21N3O2. The van der Waals surface area contributed by atoms with E-state index in [2.05, 4.69) is 21.4 Å². The Bertz CT molecular complexity index is 507. The molecule has 1 aromatic heterocycles. The van der Waals surface area contributed by atoms with Gasteiger partial charge in [-0.2, -0.15) is 5.10 Å². The number of aromatic nitrogens is 2.